The van der Waals surface area contributed by atoms with Gasteiger partial charge in [0.1, 0.15) is 5.76 Å². The van der Waals surface area contributed by atoms with Crippen LogP contribution >= 0.6 is 15.9 Å². The molecular weight excluding hydrogens is 322 g/mol. The van der Waals surface area contributed by atoms with Crippen LogP contribution in [0.25, 0.3) is 0 Å². The van der Waals surface area contributed by atoms with E-state index in [0.29, 0.717) is 12.3 Å². The Balaban J connectivity index is 2.01. The van der Waals surface area contributed by atoms with Crippen LogP contribution in [-0.2, 0) is 6.54 Å². The molecule has 0 saturated carbocycles. The molecule has 0 amide bonds. The third-order valence-corrected chi connectivity index (χ3v) is 3.73. The molecule has 0 aliphatic carbocycles. The van der Waals surface area contributed by atoms with E-state index >= 15 is 0 Å². The van der Waals surface area contributed by atoms with Gasteiger partial charge in [-0.1, -0.05) is 28.1 Å². The van der Waals surface area contributed by atoms with Crippen LogP contribution in [-0.4, -0.2) is 11.1 Å². The first kappa shape index (κ1) is 14.8. The van der Waals surface area contributed by atoms with Crippen LogP contribution in [0.5, 0.6) is 0 Å². The monoisotopic (exact) mass is 337 g/mol. The lowest BCUT2D eigenvalue weighted by atomic mass is 10.1. The standard InChI is InChI=1S/C15H16BrNO3/c1-9(11-3-5-13(16)6-4-11)17-8-12-7-14(15(18)19)20-10(12)2/h3-7,9,17H,8H2,1-2H3,(H,18,19). The van der Waals surface area contributed by atoms with Crippen LogP contribution < -0.4 is 5.32 Å². The molecule has 4 nitrogen and oxygen atoms in total. The van der Waals surface area contributed by atoms with E-state index < -0.39 is 5.97 Å². The number of halogens is 1. The fraction of sp³-hybridized carbons (Fsp3) is 0.267. The van der Waals surface area contributed by atoms with Gasteiger partial charge in [0, 0.05) is 22.6 Å². The van der Waals surface area contributed by atoms with E-state index in [0.717, 1.165) is 10.0 Å². The molecule has 0 aliphatic rings. The number of hydrogen-bond acceptors (Lipinski definition) is 3. The molecule has 1 atom stereocenters. The summed E-state index contributed by atoms with van der Waals surface area (Å²) in [5, 5.41) is 12.2. The Morgan fingerprint density at radius 3 is 2.60 bits per heavy atom. The molecule has 20 heavy (non-hydrogen) atoms. The van der Waals surface area contributed by atoms with Crippen molar-refractivity contribution in [3.05, 3.63) is 57.5 Å². The molecule has 0 fully saturated rings. The van der Waals surface area contributed by atoms with Gasteiger partial charge >= 0.3 is 5.97 Å². The van der Waals surface area contributed by atoms with Gasteiger partial charge < -0.3 is 14.8 Å². The molecule has 2 rings (SSSR count). The molecule has 0 bridgehead atoms. The molecule has 5 heteroatoms. The summed E-state index contributed by atoms with van der Waals surface area (Å²) < 4.78 is 6.23. The van der Waals surface area contributed by atoms with E-state index in [2.05, 4.69) is 28.2 Å². The second-order valence-electron chi connectivity index (χ2n) is 4.65. The maximum atomic E-state index is 10.8. The van der Waals surface area contributed by atoms with E-state index in [4.69, 9.17) is 9.52 Å². The van der Waals surface area contributed by atoms with E-state index in [1.165, 1.54) is 5.56 Å². The second kappa shape index (κ2) is 6.24. The van der Waals surface area contributed by atoms with E-state index in [1.807, 2.05) is 24.3 Å². The van der Waals surface area contributed by atoms with Crippen LogP contribution in [0.1, 0.15) is 40.4 Å². The van der Waals surface area contributed by atoms with Crippen molar-refractivity contribution in [1.29, 1.82) is 0 Å². The second-order valence-corrected chi connectivity index (χ2v) is 5.57. The highest BCUT2D eigenvalue weighted by Crippen LogP contribution is 2.19. The SMILES string of the molecule is Cc1oc(C(=O)O)cc1CNC(C)c1ccc(Br)cc1. The maximum absolute atomic E-state index is 10.8. The Kier molecular flexibility index (Phi) is 4.62. The Morgan fingerprint density at radius 1 is 1.40 bits per heavy atom. The Bertz CT molecular complexity index is 604. The first-order valence-corrected chi connectivity index (χ1v) is 7.08. The van der Waals surface area contributed by atoms with Crippen molar-refractivity contribution in [2.24, 2.45) is 0 Å². The highest BCUT2D eigenvalue weighted by molar-refractivity contribution is 9.10. The summed E-state index contributed by atoms with van der Waals surface area (Å²) in [5.74, 6) is -0.422. The summed E-state index contributed by atoms with van der Waals surface area (Å²) in [6, 6.07) is 9.84. The number of aromatic carboxylic acids is 1. The third-order valence-electron chi connectivity index (χ3n) is 3.20. The summed E-state index contributed by atoms with van der Waals surface area (Å²) in [6.07, 6.45) is 0. The molecule has 0 spiro atoms. The zero-order chi connectivity index (χ0) is 14.7. The quantitative estimate of drug-likeness (QED) is 0.868. The van der Waals surface area contributed by atoms with Crippen molar-refractivity contribution in [2.75, 3.05) is 0 Å². The van der Waals surface area contributed by atoms with Crippen molar-refractivity contribution in [2.45, 2.75) is 26.4 Å². The molecule has 1 unspecified atom stereocenters. The van der Waals surface area contributed by atoms with Gasteiger partial charge in [-0.05, 0) is 37.6 Å². The molecule has 2 N–H and O–H groups in total. The van der Waals surface area contributed by atoms with Crippen molar-refractivity contribution < 1.29 is 14.3 Å². The van der Waals surface area contributed by atoms with Crippen molar-refractivity contribution >= 4 is 21.9 Å². The summed E-state index contributed by atoms with van der Waals surface area (Å²) in [7, 11) is 0. The molecule has 1 heterocycles. The zero-order valence-corrected chi connectivity index (χ0v) is 12.9. The Morgan fingerprint density at radius 2 is 2.05 bits per heavy atom. The van der Waals surface area contributed by atoms with Gasteiger partial charge in [-0.15, -0.1) is 0 Å². The van der Waals surface area contributed by atoms with Crippen molar-refractivity contribution in [3.63, 3.8) is 0 Å². The summed E-state index contributed by atoms with van der Waals surface area (Å²) in [5.41, 5.74) is 2.04. The molecular formula is C15H16BrNO3. The number of carbonyl (C=O) groups is 1. The van der Waals surface area contributed by atoms with Gasteiger partial charge in [0.05, 0.1) is 0 Å². The number of nitrogens with one attached hydrogen (secondary N) is 1. The fourth-order valence-electron chi connectivity index (χ4n) is 1.93. The first-order valence-electron chi connectivity index (χ1n) is 6.29. The summed E-state index contributed by atoms with van der Waals surface area (Å²) in [4.78, 5) is 10.8. The normalized spacial score (nSPS) is 12.3. The maximum Gasteiger partial charge on any atom is 0.371 e. The lowest BCUT2D eigenvalue weighted by Gasteiger charge is -2.14. The van der Waals surface area contributed by atoms with Crippen molar-refractivity contribution in [1.82, 2.24) is 5.32 Å². The molecule has 1 aromatic heterocycles. The molecule has 106 valence electrons. The number of rotatable bonds is 5. The lowest BCUT2D eigenvalue weighted by Crippen LogP contribution is -2.18. The van der Waals surface area contributed by atoms with E-state index in [-0.39, 0.29) is 11.8 Å². The predicted octanol–water partition coefficient (Wildman–Crippen LogP) is 3.90. The molecule has 0 aliphatic heterocycles. The average Bonchev–Trinajstić information content (AvgIpc) is 2.78. The molecule has 1 aromatic carbocycles. The van der Waals surface area contributed by atoms with Crippen LogP contribution in [0, 0.1) is 6.92 Å². The third kappa shape index (κ3) is 3.49. The number of carboxylic acid groups (broad SMARTS) is 1. The summed E-state index contributed by atoms with van der Waals surface area (Å²) in [6.45, 7) is 4.41. The minimum Gasteiger partial charge on any atom is -0.475 e. The number of furan rings is 1. The number of hydrogen-bond donors (Lipinski definition) is 2. The van der Waals surface area contributed by atoms with Gasteiger partial charge in [0.2, 0.25) is 5.76 Å². The van der Waals surface area contributed by atoms with Crippen molar-refractivity contribution in [3.8, 4) is 0 Å². The van der Waals surface area contributed by atoms with Crippen LogP contribution in [0.3, 0.4) is 0 Å². The number of carboxylic acids is 1. The predicted molar refractivity (Wildman–Crippen MR) is 79.8 cm³/mol. The Hall–Kier alpha value is -1.59. The topological polar surface area (TPSA) is 62.5 Å². The van der Waals surface area contributed by atoms with Gasteiger partial charge in [-0.3, -0.25) is 0 Å². The lowest BCUT2D eigenvalue weighted by molar-refractivity contribution is 0.0661. The van der Waals surface area contributed by atoms with Crippen LogP contribution in [0.4, 0.5) is 0 Å². The number of benzene rings is 1. The van der Waals surface area contributed by atoms with Crippen LogP contribution in [0.2, 0.25) is 0 Å². The van der Waals surface area contributed by atoms with E-state index in [9.17, 15) is 4.79 Å². The summed E-state index contributed by atoms with van der Waals surface area (Å²) >= 11 is 3.41. The minimum absolute atomic E-state index is 0.0180. The van der Waals surface area contributed by atoms with Gasteiger partial charge in [-0.25, -0.2) is 4.79 Å². The zero-order valence-electron chi connectivity index (χ0n) is 11.3. The molecule has 0 radical (unpaired) electrons. The largest absolute Gasteiger partial charge is 0.475 e. The fourth-order valence-corrected chi connectivity index (χ4v) is 2.20. The molecule has 2 aromatic rings. The highest BCUT2D eigenvalue weighted by atomic mass is 79.9. The smallest absolute Gasteiger partial charge is 0.371 e. The molecule has 0 saturated heterocycles. The highest BCUT2D eigenvalue weighted by Gasteiger charge is 2.13. The van der Waals surface area contributed by atoms with Gasteiger partial charge in [-0.2, -0.15) is 0 Å². The first-order chi connectivity index (χ1) is 9.47. The number of aryl methyl sites for hydroxylation is 1. The van der Waals surface area contributed by atoms with Crippen LogP contribution in [0.15, 0.2) is 39.2 Å². The van der Waals surface area contributed by atoms with Gasteiger partial charge in [0.25, 0.3) is 0 Å². The Labute approximate surface area is 125 Å². The van der Waals surface area contributed by atoms with E-state index in [1.54, 1.807) is 13.0 Å². The van der Waals surface area contributed by atoms with Gasteiger partial charge in [0.15, 0.2) is 0 Å². The average molecular weight is 338 g/mol. The minimum atomic E-state index is -1.04.